The molecule has 4 nitrogen and oxygen atoms in total. The molecule has 20 heavy (non-hydrogen) atoms. The summed E-state index contributed by atoms with van der Waals surface area (Å²) in [5, 5.41) is 9.56. The lowest BCUT2D eigenvalue weighted by Gasteiger charge is -2.33. The minimum Gasteiger partial charge on any atom is -0.393 e. The van der Waals surface area contributed by atoms with Crippen molar-refractivity contribution < 1.29 is 9.90 Å². The van der Waals surface area contributed by atoms with Gasteiger partial charge in [-0.3, -0.25) is 4.79 Å². The van der Waals surface area contributed by atoms with E-state index >= 15 is 0 Å². The first kappa shape index (κ1) is 17.0. The van der Waals surface area contributed by atoms with Gasteiger partial charge in [0.2, 0.25) is 0 Å². The summed E-state index contributed by atoms with van der Waals surface area (Å²) in [4.78, 5) is 14.2. The van der Waals surface area contributed by atoms with E-state index in [1.807, 2.05) is 36.1 Å². The van der Waals surface area contributed by atoms with E-state index in [2.05, 4.69) is 0 Å². The van der Waals surface area contributed by atoms with Gasteiger partial charge < -0.3 is 15.7 Å². The van der Waals surface area contributed by atoms with Crippen molar-refractivity contribution >= 4 is 18.3 Å². The molecule has 1 aliphatic rings. The third-order valence-electron chi connectivity index (χ3n) is 3.95. The summed E-state index contributed by atoms with van der Waals surface area (Å²) in [6, 6.07) is 7.47. The fourth-order valence-corrected chi connectivity index (χ4v) is 2.55. The molecule has 3 N–H and O–H groups in total. The Morgan fingerprint density at radius 1 is 1.35 bits per heavy atom. The normalized spacial score (nSPS) is 17.4. The molecule has 2 rings (SSSR count). The van der Waals surface area contributed by atoms with E-state index in [1.54, 1.807) is 0 Å². The molecule has 1 unspecified atom stereocenters. The summed E-state index contributed by atoms with van der Waals surface area (Å²) in [6.45, 7) is 3.78. The standard InChI is InChI=1S/C15H22N2O2.ClH/c1-11(18)13-6-8-17(9-7-13)15(19)14-4-2-12(10-16)3-5-14;/h2-5,11,13,18H,6-10,16H2,1H3;1H. The number of rotatable bonds is 3. The molecular formula is C15H23ClN2O2. The maximum Gasteiger partial charge on any atom is 0.253 e. The van der Waals surface area contributed by atoms with Crippen LogP contribution in [0.5, 0.6) is 0 Å². The van der Waals surface area contributed by atoms with Crippen LogP contribution >= 0.6 is 12.4 Å². The van der Waals surface area contributed by atoms with Crippen LogP contribution in [0.1, 0.15) is 35.7 Å². The van der Waals surface area contributed by atoms with E-state index in [-0.39, 0.29) is 24.4 Å². The van der Waals surface area contributed by atoms with Crippen molar-refractivity contribution in [3.8, 4) is 0 Å². The van der Waals surface area contributed by atoms with Crippen LogP contribution in [0.25, 0.3) is 0 Å². The number of benzene rings is 1. The molecule has 1 saturated heterocycles. The number of halogens is 1. The molecule has 1 aromatic rings. The van der Waals surface area contributed by atoms with Gasteiger partial charge in [0.05, 0.1) is 6.10 Å². The fourth-order valence-electron chi connectivity index (χ4n) is 2.55. The zero-order chi connectivity index (χ0) is 13.8. The Labute approximate surface area is 126 Å². The maximum absolute atomic E-state index is 12.3. The first-order valence-corrected chi connectivity index (χ1v) is 6.88. The number of aliphatic hydroxyl groups excluding tert-OH is 1. The van der Waals surface area contributed by atoms with Crippen LogP contribution in [0.2, 0.25) is 0 Å². The Morgan fingerprint density at radius 2 is 1.90 bits per heavy atom. The summed E-state index contributed by atoms with van der Waals surface area (Å²) in [5.41, 5.74) is 7.29. The first-order chi connectivity index (χ1) is 9.11. The molecule has 1 fully saturated rings. The highest BCUT2D eigenvalue weighted by Crippen LogP contribution is 2.21. The summed E-state index contributed by atoms with van der Waals surface area (Å²) in [7, 11) is 0. The third-order valence-corrected chi connectivity index (χ3v) is 3.95. The second-order valence-electron chi connectivity index (χ2n) is 5.27. The van der Waals surface area contributed by atoms with Crippen LogP contribution < -0.4 is 5.73 Å². The third kappa shape index (κ3) is 3.95. The molecule has 1 atom stereocenters. The molecule has 0 bridgehead atoms. The predicted octanol–water partition coefficient (Wildman–Crippen LogP) is 1.80. The van der Waals surface area contributed by atoms with Crippen molar-refractivity contribution in [2.45, 2.75) is 32.4 Å². The zero-order valence-electron chi connectivity index (χ0n) is 11.8. The molecular weight excluding hydrogens is 276 g/mol. The summed E-state index contributed by atoms with van der Waals surface area (Å²) >= 11 is 0. The highest BCUT2D eigenvalue weighted by molar-refractivity contribution is 5.94. The van der Waals surface area contributed by atoms with Gasteiger partial charge >= 0.3 is 0 Å². The first-order valence-electron chi connectivity index (χ1n) is 6.88. The van der Waals surface area contributed by atoms with Crippen LogP contribution in [0, 0.1) is 5.92 Å². The number of piperidine rings is 1. The number of amides is 1. The van der Waals surface area contributed by atoms with Crippen molar-refractivity contribution in [3.63, 3.8) is 0 Å². The van der Waals surface area contributed by atoms with Gasteiger partial charge in [0.15, 0.2) is 0 Å². The van der Waals surface area contributed by atoms with Crippen LogP contribution in [-0.4, -0.2) is 35.1 Å². The van der Waals surface area contributed by atoms with Gasteiger partial charge in [-0.1, -0.05) is 12.1 Å². The highest BCUT2D eigenvalue weighted by Gasteiger charge is 2.25. The van der Waals surface area contributed by atoms with Crippen molar-refractivity contribution in [1.82, 2.24) is 4.90 Å². The summed E-state index contributed by atoms with van der Waals surface area (Å²) < 4.78 is 0. The molecule has 1 aliphatic heterocycles. The number of nitrogens with two attached hydrogens (primary N) is 1. The Balaban J connectivity index is 0.00000200. The molecule has 1 heterocycles. The van der Waals surface area contributed by atoms with Gasteiger partial charge in [0.25, 0.3) is 5.91 Å². The van der Waals surface area contributed by atoms with Crippen LogP contribution in [0.15, 0.2) is 24.3 Å². The van der Waals surface area contributed by atoms with Gasteiger partial charge in [-0.25, -0.2) is 0 Å². The number of carbonyl (C=O) groups is 1. The van der Waals surface area contributed by atoms with Gasteiger partial charge in [-0.05, 0) is 43.4 Å². The van der Waals surface area contributed by atoms with Crippen molar-refractivity contribution in [1.29, 1.82) is 0 Å². The lowest BCUT2D eigenvalue weighted by Crippen LogP contribution is -2.40. The fraction of sp³-hybridized carbons (Fsp3) is 0.533. The van der Waals surface area contributed by atoms with Crippen molar-refractivity contribution in [2.24, 2.45) is 11.7 Å². The molecule has 5 heteroatoms. The molecule has 1 aromatic carbocycles. The number of aliphatic hydroxyl groups is 1. The van der Waals surface area contributed by atoms with Crippen LogP contribution in [0.3, 0.4) is 0 Å². The second-order valence-corrected chi connectivity index (χ2v) is 5.27. The van der Waals surface area contributed by atoms with E-state index in [9.17, 15) is 9.90 Å². The van der Waals surface area contributed by atoms with E-state index in [1.165, 1.54) is 0 Å². The highest BCUT2D eigenvalue weighted by atomic mass is 35.5. The molecule has 0 aliphatic carbocycles. The average Bonchev–Trinajstić information content (AvgIpc) is 2.46. The van der Waals surface area contributed by atoms with Gasteiger partial charge in [0, 0.05) is 25.2 Å². The molecule has 0 spiro atoms. The largest absolute Gasteiger partial charge is 0.393 e. The quantitative estimate of drug-likeness (QED) is 0.894. The second kappa shape index (κ2) is 7.62. The Kier molecular flexibility index (Phi) is 6.46. The minimum atomic E-state index is -0.277. The lowest BCUT2D eigenvalue weighted by atomic mass is 9.92. The molecule has 0 saturated carbocycles. The minimum absolute atomic E-state index is 0. The monoisotopic (exact) mass is 298 g/mol. The van der Waals surface area contributed by atoms with Gasteiger partial charge in [-0.2, -0.15) is 0 Å². The van der Waals surface area contributed by atoms with Crippen LogP contribution in [-0.2, 0) is 6.54 Å². The smallest absolute Gasteiger partial charge is 0.253 e. The maximum atomic E-state index is 12.3. The summed E-state index contributed by atoms with van der Waals surface area (Å²) in [5.74, 6) is 0.399. The van der Waals surface area contributed by atoms with E-state index < -0.39 is 0 Å². The number of hydrogen-bond acceptors (Lipinski definition) is 3. The Bertz CT molecular complexity index is 426. The number of hydrogen-bond donors (Lipinski definition) is 2. The van der Waals surface area contributed by atoms with E-state index in [0.29, 0.717) is 18.0 Å². The molecule has 0 aromatic heterocycles. The Hall–Kier alpha value is -1.10. The number of likely N-dealkylation sites (tertiary alicyclic amines) is 1. The molecule has 1 amide bonds. The predicted molar refractivity (Wildman–Crippen MR) is 81.9 cm³/mol. The SMILES string of the molecule is CC(O)C1CCN(C(=O)c2ccc(CN)cc2)CC1.Cl. The molecule has 0 radical (unpaired) electrons. The lowest BCUT2D eigenvalue weighted by molar-refractivity contribution is 0.0521. The summed E-state index contributed by atoms with van der Waals surface area (Å²) in [6.07, 6.45) is 1.48. The van der Waals surface area contributed by atoms with Crippen molar-refractivity contribution in [2.75, 3.05) is 13.1 Å². The molecule has 112 valence electrons. The number of carbonyl (C=O) groups excluding carboxylic acids is 1. The zero-order valence-corrected chi connectivity index (χ0v) is 12.6. The van der Waals surface area contributed by atoms with Gasteiger partial charge in [-0.15, -0.1) is 12.4 Å². The topological polar surface area (TPSA) is 66.6 Å². The average molecular weight is 299 g/mol. The van der Waals surface area contributed by atoms with Crippen molar-refractivity contribution in [3.05, 3.63) is 35.4 Å². The van der Waals surface area contributed by atoms with E-state index in [0.717, 1.165) is 31.5 Å². The number of nitrogens with zero attached hydrogens (tertiary/aromatic N) is 1. The van der Waals surface area contributed by atoms with Gasteiger partial charge in [0.1, 0.15) is 0 Å². The van der Waals surface area contributed by atoms with Crippen LogP contribution in [0.4, 0.5) is 0 Å². The Morgan fingerprint density at radius 3 is 2.35 bits per heavy atom. The van der Waals surface area contributed by atoms with E-state index in [4.69, 9.17) is 5.73 Å².